The van der Waals surface area contributed by atoms with E-state index in [9.17, 15) is 9.59 Å². The third-order valence-corrected chi connectivity index (χ3v) is 4.95. The van der Waals surface area contributed by atoms with Crippen LogP contribution < -0.4 is 15.4 Å². The lowest BCUT2D eigenvalue weighted by Crippen LogP contribution is -2.43. The molecule has 1 aromatic heterocycles. The van der Waals surface area contributed by atoms with Crippen LogP contribution in [0.25, 0.3) is 10.9 Å². The quantitative estimate of drug-likeness (QED) is 0.656. The van der Waals surface area contributed by atoms with Gasteiger partial charge in [-0.25, -0.2) is 14.8 Å². The molecule has 2 aromatic carbocycles. The average molecular weight is 421 g/mol. The van der Waals surface area contributed by atoms with E-state index in [0.29, 0.717) is 54.3 Å². The maximum atomic E-state index is 12.4. The molecule has 1 aliphatic rings. The smallest absolute Gasteiger partial charge is 0.321 e. The first kappa shape index (κ1) is 20.5. The molecule has 1 aliphatic heterocycles. The van der Waals surface area contributed by atoms with E-state index in [1.807, 2.05) is 30.3 Å². The van der Waals surface area contributed by atoms with Gasteiger partial charge in [0.1, 0.15) is 12.9 Å². The van der Waals surface area contributed by atoms with Gasteiger partial charge < -0.3 is 25.0 Å². The second kappa shape index (κ2) is 9.40. The molecule has 1 fully saturated rings. The van der Waals surface area contributed by atoms with Crippen LogP contribution in [0.5, 0.6) is 5.88 Å². The lowest BCUT2D eigenvalue weighted by molar-refractivity contribution is 0.0564. The standard InChI is InChI=1S/C22H23N5O4/c1-23-20(28)17-6-3-7-18-19(17)24-14-25-21(18)31-13-15-4-2-5-16(12-15)26-22(29)27-8-10-30-11-9-27/h2-7,12,14H,8-11,13H2,1H3,(H,23,28)(H,26,29). The Morgan fingerprint density at radius 3 is 2.74 bits per heavy atom. The third-order valence-electron chi connectivity index (χ3n) is 4.95. The van der Waals surface area contributed by atoms with Crippen LogP contribution in [0.2, 0.25) is 0 Å². The monoisotopic (exact) mass is 421 g/mol. The van der Waals surface area contributed by atoms with Crippen LogP contribution in [0.3, 0.4) is 0 Å². The molecule has 2 N–H and O–H groups in total. The number of morpholine rings is 1. The molecule has 31 heavy (non-hydrogen) atoms. The van der Waals surface area contributed by atoms with Crippen LogP contribution in [0.1, 0.15) is 15.9 Å². The summed E-state index contributed by atoms with van der Waals surface area (Å²) in [6, 6.07) is 12.6. The lowest BCUT2D eigenvalue weighted by Gasteiger charge is -2.27. The van der Waals surface area contributed by atoms with Crippen molar-refractivity contribution < 1.29 is 19.1 Å². The summed E-state index contributed by atoms with van der Waals surface area (Å²) < 4.78 is 11.2. The number of nitrogens with zero attached hydrogens (tertiary/aromatic N) is 3. The van der Waals surface area contributed by atoms with Gasteiger partial charge in [-0.15, -0.1) is 0 Å². The Morgan fingerprint density at radius 1 is 1.13 bits per heavy atom. The summed E-state index contributed by atoms with van der Waals surface area (Å²) in [5.41, 5.74) is 2.54. The molecule has 1 saturated heterocycles. The molecule has 0 aliphatic carbocycles. The van der Waals surface area contributed by atoms with Crippen molar-refractivity contribution in [3.8, 4) is 5.88 Å². The number of carbonyl (C=O) groups is 2. The Balaban J connectivity index is 1.47. The van der Waals surface area contributed by atoms with Gasteiger partial charge in [-0.05, 0) is 29.8 Å². The number of hydrogen-bond acceptors (Lipinski definition) is 6. The van der Waals surface area contributed by atoms with Crippen molar-refractivity contribution in [2.75, 3.05) is 38.7 Å². The summed E-state index contributed by atoms with van der Waals surface area (Å²) in [5.74, 6) is 0.164. The first-order valence-electron chi connectivity index (χ1n) is 9.97. The van der Waals surface area contributed by atoms with Crippen LogP contribution >= 0.6 is 0 Å². The first-order chi connectivity index (χ1) is 15.2. The van der Waals surface area contributed by atoms with E-state index in [1.54, 1.807) is 24.1 Å². The van der Waals surface area contributed by atoms with E-state index in [-0.39, 0.29) is 18.5 Å². The van der Waals surface area contributed by atoms with Gasteiger partial charge >= 0.3 is 6.03 Å². The highest BCUT2D eigenvalue weighted by atomic mass is 16.5. The minimum absolute atomic E-state index is 0.148. The van der Waals surface area contributed by atoms with Crippen molar-refractivity contribution >= 4 is 28.5 Å². The van der Waals surface area contributed by atoms with Gasteiger partial charge in [-0.3, -0.25) is 4.79 Å². The molecule has 0 saturated carbocycles. The van der Waals surface area contributed by atoms with Crippen LogP contribution in [-0.4, -0.2) is 60.2 Å². The zero-order chi connectivity index (χ0) is 21.6. The van der Waals surface area contributed by atoms with Crippen molar-refractivity contribution in [1.29, 1.82) is 0 Å². The predicted octanol–water partition coefficient (Wildman–Crippen LogP) is 2.43. The number of anilines is 1. The molecule has 0 unspecified atom stereocenters. The number of ether oxygens (including phenoxy) is 2. The number of rotatable bonds is 5. The second-order valence-corrected chi connectivity index (χ2v) is 6.98. The fraction of sp³-hybridized carbons (Fsp3) is 0.273. The molecule has 3 amide bonds. The molecule has 9 nitrogen and oxygen atoms in total. The number of benzene rings is 2. The van der Waals surface area contributed by atoms with E-state index in [4.69, 9.17) is 9.47 Å². The number of urea groups is 1. The fourth-order valence-electron chi connectivity index (χ4n) is 3.36. The summed E-state index contributed by atoms with van der Waals surface area (Å²) in [6.07, 6.45) is 1.38. The molecule has 0 spiro atoms. The Hall–Kier alpha value is -3.72. The van der Waals surface area contributed by atoms with Gasteiger partial charge in [0.15, 0.2) is 0 Å². The molecule has 0 radical (unpaired) electrons. The number of hydrogen-bond donors (Lipinski definition) is 2. The van der Waals surface area contributed by atoms with Crippen molar-refractivity contribution in [1.82, 2.24) is 20.2 Å². The maximum Gasteiger partial charge on any atom is 0.321 e. The Morgan fingerprint density at radius 2 is 1.94 bits per heavy atom. The zero-order valence-electron chi connectivity index (χ0n) is 17.1. The number of para-hydroxylation sites is 1. The van der Waals surface area contributed by atoms with Crippen molar-refractivity contribution in [3.05, 3.63) is 59.9 Å². The fourth-order valence-corrected chi connectivity index (χ4v) is 3.36. The average Bonchev–Trinajstić information content (AvgIpc) is 2.82. The Kier molecular flexibility index (Phi) is 6.23. The first-order valence-corrected chi connectivity index (χ1v) is 9.97. The van der Waals surface area contributed by atoms with Gasteiger partial charge in [-0.1, -0.05) is 18.2 Å². The highest BCUT2D eigenvalue weighted by Gasteiger charge is 2.17. The molecule has 0 bridgehead atoms. The number of nitrogens with one attached hydrogen (secondary N) is 2. The molecule has 4 rings (SSSR count). The van der Waals surface area contributed by atoms with Gasteiger partial charge in [0.25, 0.3) is 5.91 Å². The molecular weight excluding hydrogens is 398 g/mol. The Bertz CT molecular complexity index is 1100. The topological polar surface area (TPSA) is 106 Å². The van der Waals surface area contributed by atoms with E-state index < -0.39 is 0 Å². The minimum Gasteiger partial charge on any atom is -0.472 e. The lowest BCUT2D eigenvalue weighted by atomic mass is 10.1. The summed E-state index contributed by atoms with van der Waals surface area (Å²) in [7, 11) is 1.57. The van der Waals surface area contributed by atoms with Crippen LogP contribution in [0.15, 0.2) is 48.8 Å². The highest BCUT2D eigenvalue weighted by Crippen LogP contribution is 2.25. The number of fused-ring (bicyclic) bond motifs is 1. The number of aromatic nitrogens is 2. The normalized spacial score (nSPS) is 13.6. The van der Waals surface area contributed by atoms with E-state index in [0.717, 1.165) is 5.56 Å². The van der Waals surface area contributed by atoms with Gasteiger partial charge in [0.2, 0.25) is 5.88 Å². The summed E-state index contributed by atoms with van der Waals surface area (Å²) in [4.78, 5) is 34.7. The third kappa shape index (κ3) is 4.72. The summed E-state index contributed by atoms with van der Waals surface area (Å²) in [5, 5.41) is 6.18. The Labute approximate surface area is 179 Å². The highest BCUT2D eigenvalue weighted by molar-refractivity contribution is 6.06. The SMILES string of the molecule is CNC(=O)c1cccc2c(OCc3cccc(NC(=O)N4CCOCC4)c3)ncnc12. The van der Waals surface area contributed by atoms with Crippen molar-refractivity contribution in [2.45, 2.75) is 6.61 Å². The molecule has 9 heteroatoms. The summed E-state index contributed by atoms with van der Waals surface area (Å²) >= 11 is 0. The molecule has 2 heterocycles. The van der Waals surface area contributed by atoms with Crippen molar-refractivity contribution in [2.24, 2.45) is 0 Å². The molecule has 0 atom stereocenters. The van der Waals surface area contributed by atoms with Crippen LogP contribution in [0.4, 0.5) is 10.5 Å². The number of carbonyl (C=O) groups excluding carboxylic acids is 2. The van der Waals surface area contributed by atoms with E-state index in [2.05, 4.69) is 20.6 Å². The predicted molar refractivity (Wildman–Crippen MR) is 115 cm³/mol. The maximum absolute atomic E-state index is 12.4. The zero-order valence-corrected chi connectivity index (χ0v) is 17.1. The molecule has 3 aromatic rings. The van der Waals surface area contributed by atoms with E-state index >= 15 is 0 Å². The largest absolute Gasteiger partial charge is 0.472 e. The van der Waals surface area contributed by atoms with Gasteiger partial charge in [0, 0.05) is 25.8 Å². The van der Waals surface area contributed by atoms with Crippen LogP contribution in [-0.2, 0) is 11.3 Å². The number of amides is 3. The van der Waals surface area contributed by atoms with Crippen LogP contribution in [0, 0.1) is 0 Å². The minimum atomic E-state index is -0.223. The van der Waals surface area contributed by atoms with Gasteiger partial charge in [-0.2, -0.15) is 0 Å². The van der Waals surface area contributed by atoms with Crippen molar-refractivity contribution in [3.63, 3.8) is 0 Å². The second-order valence-electron chi connectivity index (χ2n) is 6.98. The molecule has 160 valence electrons. The summed E-state index contributed by atoms with van der Waals surface area (Å²) in [6.45, 7) is 2.50. The molecular formula is C22H23N5O4. The van der Waals surface area contributed by atoms with E-state index in [1.165, 1.54) is 6.33 Å². The van der Waals surface area contributed by atoms with Gasteiger partial charge in [0.05, 0.1) is 29.7 Å².